The maximum Gasteiger partial charge on any atom is 0.253 e. The second kappa shape index (κ2) is 6.24. The number of nitrogens with one attached hydrogen (secondary N) is 1. The van der Waals surface area contributed by atoms with Crippen molar-refractivity contribution in [2.45, 2.75) is 25.7 Å². The van der Waals surface area contributed by atoms with Crippen LogP contribution in [0.5, 0.6) is 0 Å². The van der Waals surface area contributed by atoms with E-state index in [2.05, 4.69) is 10.3 Å². The Morgan fingerprint density at radius 2 is 2.16 bits per heavy atom. The van der Waals surface area contributed by atoms with Crippen LogP contribution in [-0.2, 0) is 0 Å². The molecule has 0 unspecified atom stereocenters. The lowest BCUT2D eigenvalue weighted by Gasteiger charge is -2.21. The van der Waals surface area contributed by atoms with E-state index in [1.54, 1.807) is 24.1 Å². The van der Waals surface area contributed by atoms with E-state index in [9.17, 15) is 4.79 Å². The van der Waals surface area contributed by atoms with Crippen molar-refractivity contribution in [1.82, 2.24) is 9.88 Å². The number of nitrogens with zero attached hydrogens (tertiary/aromatic N) is 2. The minimum Gasteiger partial charge on any atom is -0.373 e. The SMILES string of the molecule is CNc1cc(C(=O)N(C)CC2CCCC2)cc(Cl)n1. The van der Waals surface area contributed by atoms with Crippen LogP contribution < -0.4 is 5.32 Å². The van der Waals surface area contributed by atoms with E-state index in [-0.39, 0.29) is 5.91 Å². The number of aromatic nitrogens is 1. The highest BCUT2D eigenvalue weighted by Crippen LogP contribution is 2.25. The first-order chi connectivity index (χ1) is 9.10. The van der Waals surface area contributed by atoms with E-state index >= 15 is 0 Å². The molecule has 1 amide bonds. The fourth-order valence-corrected chi connectivity index (χ4v) is 2.84. The van der Waals surface area contributed by atoms with Gasteiger partial charge in [-0.3, -0.25) is 4.79 Å². The largest absolute Gasteiger partial charge is 0.373 e. The normalized spacial score (nSPS) is 15.5. The van der Waals surface area contributed by atoms with Gasteiger partial charge >= 0.3 is 0 Å². The van der Waals surface area contributed by atoms with Crippen LogP contribution in [0.25, 0.3) is 0 Å². The Hall–Kier alpha value is -1.29. The molecule has 1 fully saturated rings. The van der Waals surface area contributed by atoms with E-state index in [0.29, 0.717) is 22.5 Å². The van der Waals surface area contributed by atoms with Gasteiger partial charge < -0.3 is 10.2 Å². The molecule has 104 valence electrons. The van der Waals surface area contributed by atoms with Gasteiger partial charge in [-0.25, -0.2) is 4.98 Å². The predicted molar refractivity (Wildman–Crippen MR) is 77.7 cm³/mol. The number of rotatable bonds is 4. The summed E-state index contributed by atoms with van der Waals surface area (Å²) in [6, 6.07) is 3.36. The number of amides is 1. The van der Waals surface area contributed by atoms with Gasteiger partial charge in [0.1, 0.15) is 11.0 Å². The molecule has 0 bridgehead atoms. The summed E-state index contributed by atoms with van der Waals surface area (Å²) >= 11 is 5.93. The maximum absolute atomic E-state index is 12.4. The summed E-state index contributed by atoms with van der Waals surface area (Å²) < 4.78 is 0. The fourth-order valence-electron chi connectivity index (χ4n) is 2.63. The molecule has 1 aromatic heterocycles. The van der Waals surface area contributed by atoms with Gasteiger partial charge in [0.2, 0.25) is 0 Å². The van der Waals surface area contributed by atoms with E-state index in [0.717, 1.165) is 6.54 Å². The predicted octanol–water partition coefficient (Wildman–Crippen LogP) is 3.04. The molecular formula is C14H20ClN3O. The first-order valence-electron chi connectivity index (χ1n) is 6.71. The van der Waals surface area contributed by atoms with Crippen LogP contribution in [0.3, 0.4) is 0 Å². The van der Waals surface area contributed by atoms with Crippen LogP contribution >= 0.6 is 11.6 Å². The van der Waals surface area contributed by atoms with E-state index in [4.69, 9.17) is 11.6 Å². The molecule has 1 N–H and O–H groups in total. The number of carbonyl (C=O) groups excluding carboxylic acids is 1. The Morgan fingerprint density at radius 3 is 2.79 bits per heavy atom. The van der Waals surface area contributed by atoms with Gasteiger partial charge in [-0.05, 0) is 30.9 Å². The van der Waals surface area contributed by atoms with Crippen molar-refractivity contribution in [1.29, 1.82) is 0 Å². The molecule has 0 aromatic carbocycles. The molecule has 4 nitrogen and oxygen atoms in total. The van der Waals surface area contributed by atoms with Crippen molar-refractivity contribution < 1.29 is 4.79 Å². The summed E-state index contributed by atoms with van der Waals surface area (Å²) in [7, 11) is 3.61. The molecule has 0 radical (unpaired) electrons. The topological polar surface area (TPSA) is 45.2 Å². The molecule has 0 aliphatic heterocycles. The van der Waals surface area contributed by atoms with Gasteiger partial charge in [0.25, 0.3) is 5.91 Å². The van der Waals surface area contributed by atoms with E-state index in [1.165, 1.54) is 25.7 Å². The second-order valence-corrected chi connectivity index (χ2v) is 5.54. The smallest absolute Gasteiger partial charge is 0.253 e. The average molecular weight is 282 g/mol. The monoisotopic (exact) mass is 281 g/mol. The molecule has 0 spiro atoms. The summed E-state index contributed by atoms with van der Waals surface area (Å²) in [5, 5.41) is 3.25. The maximum atomic E-state index is 12.4. The molecular weight excluding hydrogens is 262 g/mol. The van der Waals surface area contributed by atoms with Crippen molar-refractivity contribution in [2.24, 2.45) is 5.92 Å². The van der Waals surface area contributed by atoms with E-state index in [1.807, 2.05) is 7.05 Å². The second-order valence-electron chi connectivity index (χ2n) is 5.15. The summed E-state index contributed by atoms with van der Waals surface area (Å²) in [5.74, 6) is 1.27. The Bertz CT molecular complexity index is 458. The lowest BCUT2D eigenvalue weighted by molar-refractivity contribution is 0.0773. The minimum atomic E-state index is 0.00713. The lowest BCUT2D eigenvalue weighted by atomic mass is 10.1. The Kier molecular flexibility index (Phi) is 4.64. The van der Waals surface area contributed by atoms with Gasteiger partial charge in [0, 0.05) is 26.2 Å². The zero-order chi connectivity index (χ0) is 13.8. The fraction of sp³-hybridized carbons (Fsp3) is 0.571. The van der Waals surface area contributed by atoms with Crippen molar-refractivity contribution >= 4 is 23.3 Å². The van der Waals surface area contributed by atoms with Crippen molar-refractivity contribution in [3.63, 3.8) is 0 Å². The van der Waals surface area contributed by atoms with Gasteiger partial charge in [0.15, 0.2) is 0 Å². The highest BCUT2D eigenvalue weighted by Gasteiger charge is 2.20. The number of hydrogen-bond acceptors (Lipinski definition) is 3. The molecule has 0 saturated heterocycles. The number of hydrogen-bond donors (Lipinski definition) is 1. The van der Waals surface area contributed by atoms with Gasteiger partial charge in [-0.15, -0.1) is 0 Å². The average Bonchev–Trinajstić information content (AvgIpc) is 2.89. The Morgan fingerprint density at radius 1 is 1.47 bits per heavy atom. The summed E-state index contributed by atoms with van der Waals surface area (Å²) in [4.78, 5) is 18.2. The molecule has 19 heavy (non-hydrogen) atoms. The Balaban J connectivity index is 2.07. The highest BCUT2D eigenvalue weighted by atomic mass is 35.5. The van der Waals surface area contributed by atoms with Crippen molar-refractivity contribution in [3.8, 4) is 0 Å². The molecule has 5 heteroatoms. The van der Waals surface area contributed by atoms with Gasteiger partial charge in [-0.1, -0.05) is 24.4 Å². The highest BCUT2D eigenvalue weighted by molar-refractivity contribution is 6.29. The van der Waals surface area contributed by atoms with Crippen LogP contribution in [-0.4, -0.2) is 36.4 Å². The summed E-state index contributed by atoms with van der Waals surface area (Å²) in [6.07, 6.45) is 5.04. The number of anilines is 1. The Labute approximate surface area is 119 Å². The zero-order valence-corrected chi connectivity index (χ0v) is 12.2. The number of carbonyl (C=O) groups is 1. The first kappa shape index (κ1) is 14.1. The van der Waals surface area contributed by atoms with Crippen molar-refractivity contribution in [2.75, 3.05) is 26.0 Å². The first-order valence-corrected chi connectivity index (χ1v) is 7.08. The minimum absolute atomic E-state index is 0.00713. The number of pyridine rings is 1. The quantitative estimate of drug-likeness (QED) is 0.863. The molecule has 1 aliphatic carbocycles. The molecule has 0 atom stereocenters. The van der Waals surface area contributed by atoms with Crippen molar-refractivity contribution in [3.05, 3.63) is 22.8 Å². The molecule has 1 heterocycles. The molecule has 1 aliphatic rings. The van der Waals surface area contributed by atoms with E-state index < -0.39 is 0 Å². The van der Waals surface area contributed by atoms with Crippen LogP contribution in [0.15, 0.2) is 12.1 Å². The molecule has 1 saturated carbocycles. The third-order valence-electron chi connectivity index (χ3n) is 3.65. The third-order valence-corrected chi connectivity index (χ3v) is 3.84. The van der Waals surface area contributed by atoms with Crippen LogP contribution in [0, 0.1) is 5.92 Å². The van der Waals surface area contributed by atoms with Gasteiger partial charge in [0.05, 0.1) is 0 Å². The standard InChI is InChI=1S/C14H20ClN3O/c1-16-13-8-11(7-12(15)17-13)14(19)18(2)9-10-5-3-4-6-10/h7-8,10H,3-6,9H2,1-2H3,(H,16,17). The summed E-state index contributed by atoms with van der Waals surface area (Å²) in [6.45, 7) is 0.827. The molecule has 1 aromatic rings. The number of halogens is 1. The third kappa shape index (κ3) is 3.60. The molecule has 2 rings (SSSR count). The van der Waals surface area contributed by atoms with Crippen LogP contribution in [0.4, 0.5) is 5.82 Å². The zero-order valence-electron chi connectivity index (χ0n) is 11.4. The summed E-state index contributed by atoms with van der Waals surface area (Å²) in [5.41, 5.74) is 0.588. The van der Waals surface area contributed by atoms with Crippen LogP contribution in [0.1, 0.15) is 36.0 Å². The van der Waals surface area contributed by atoms with Crippen LogP contribution in [0.2, 0.25) is 5.15 Å². The van der Waals surface area contributed by atoms with Gasteiger partial charge in [-0.2, -0.15) is 0 Å². The lowest BCUT2D eigenvalue weighted by Crippen LogP contribution is -2.31.